The molecule has 0 fully saturated rings. The van der Waals surface area contributed by atoms with Gasteiger partial charge in [0.2, 0.25) is 5.89 Å². The van der Waals surface area contributed by atoms with Gasteiger partial charge in [0.25, 0.3) is 0 Å². The Balaban J connectivity index is 1.18. The van der Waals surface area contributed by atoms with Crippen LogP contribution in [0.25, 0.3) is 76.8 Å². The molecular formula is C43H26N2O2. The van der Waals surface area contributed by atoms with Gasteiger partial charge < -0.3 is 13.7 Å². The molecule has 4 nitrogen and oxygen atoms in total. The van der Waals surface area contributed by atoms with Crippen LogP contribution >= 0.6 is 0 Å². The largest absolute Gasteiger partial charge is 0.456 e. The smallest absolute Gasteiger partial charge is 0.228 e. The van der Waals surface area contributed by atoms with Crippen LogP contribution in [-0.2, 0) is 0 Å². The van der Waals surface area contributed by atoms with Gasteiger partial charge in [0, 0.05) is 39.2 Å². The van der Waals surface area contributed by atoms with Crippen LogP contribution < -0.4 is 4.90 Å². The second kappa shape index (κ2) is 10.1. The predicted octanol–water partition coefficient (Wildman–Crippen LogP) is 12.3. The summed E-state index contributed by atoms with van der Waals surface area (Å²) in [5.41, 5.74) is 7.31. The van der Waals surface area contributed by atoms with E-state index < -0.39 is 0 Å². The number of furan rings is 1. The number of oxazole rings is 1. The van der Waals surface area contributed by atoms with Crippen molar-refractivity contribution in [2.45, 2.75) is 0 Å². The molecule has 0 amide bonds. The van der Waals surface area contributed by atoms with Gasteiger partial charge in [0.1, 0.15) is 16.7 Å². The van der Waals surface area contributed by atoms with E-state index in [-0.39, 0.29) is 0 Å². The Labute approximate surface area is 269 Å². The highest BCUT2D eigenvalue weighted by Crippen LogP contribution is 2.44. The van der Waals surface area contributed by atoms with Crippen LogP contribution in [0.15, 0.2) is 167 Å². The molecular weight excluding hydrogens is 576 g/mol. The maximum absolute atomic E-state index is 6.54. The highest BCUT2D eigenvalue weighted by atomic mass is 16.3. The summed E-state index contributed by atoms with van der Waals surface area (Å²) in [5.74, 6) is 0.588. The van der Waals surface area contributed by atoms with E-state index in [9.17, 15) is 0 Å². The number of hydrogen-bond acceptors (Lipinski definition) is 4. The molecule has 10 aromatic rings. The van der Waals surface area contributed by atoms with Crippen LogP contribution in [0.3, 0.4) is 0 Å². The first-order chi connectivity index (χ1) is 23.3. The first-order valence-electron chi connectivity index (χ1n) is 15.8. The van der Waals surface area contributed by atoms with Gasteiger partial charge in [-0.1, -0.05) is 97.1 Å². The average molecular weight is 603 g/mol. The summed E-state index contributed by atoms with van der Waals surface area (Å²) in [5, 5.41) is 9.44. The van der Waals surface area contributed by atoms with Crippen LogP contribution in [0.1, 0.15) is 0 Å². The highest BCUT2D eigenvalue weighted by Gasteiger charge is 2.20. The molecule has 0 aliphatic heterocycles. The lowest BCUT2D eigenvalue weighted by atomic mass is 9.96. The molecule has 0 bridgehead atoms. The van der Waals surface area contributed by atoms with Crippen molar-refractivity contribution in [3.63, 3.8) is 0 Å². The molecule has 8 aromatic carbocycles. The third-order valence-electron chi connectivity index (χ3n) is 9.28. The van der Waals surface area contributed by atoms with Crippen LogP contribution in [-0.4, -0.2) is 4.98 Å². The molecule has 2 aromatic heterocycles. The van der Waals surface area contributed by atoms with Crippen molar-refractivity contribution in [1.29, 1.82) is 0 Å². The quantitative estimate of drug-likeness (QED) is 0.188. The Bertz CT molecular complexity index is 2780. The van der Waals surface area contributed by atoms with E-state index in [4.69, 9.17) is 13.8 Å². The van der Waals surface area contributed by atoms with Crippen molar-refractivity contribution in [2.24, 2.45) is 0 Å². The Hall–Kier alpha value is -6.39. The maximum Gasteiger partial charge on any atom is 0.228 e. The lowest BCUT2D eigenvalue weighted by Gasteiger charge is -2.27. The fourth-order valence-electron chi connectivity index (χ4n) is 7.16. The van der Waals surface area contributed by atoms with Crippen molar-refractivity contribution in [3.05, 3.63) is 158 Å². The van der Waals surface area contributed by atoms with Gasteiger partial charge >= 0.3 is 0 Å². The van der Waals surface area contributed by atoms with Crippen molar-refractivity contribution in [1.82, 2.24) is 4.98 Å². The minimum Gasteiger partial charge on any atom is -0.456 e. The third kappa shape index (κ3) is 3.98. The lowest BCUT2D eigenvalue weighted by Crippen LogP contribution is -2.10. The van der Waals surface area contributed by atoms with Gasteiger partial charge in [-0.25, -0.2) is 4.98 Å². The molecule has 2 heterocycles. The summed E-state index contributed by atoms with van der Waals surface area (Å²) in [7, 11) is 0. The molecule has 0 unspecified atom stereocenters. The zero-order chi connectivity index (χ0) is 30.9. The summed E-state index contributed by atoms with van der Waals surface area (Å²) in [6, 6.07) is 55.1. The molecule has 47 heavy (non-hydrogen) atoms. The van der Waals surface area contributed by atoms with E-state index in [1.54, 1.807) is 0 Å². The Kier molecular flexibility index (Phi) is 5.54. The van der Waals surface area contributed by atoms with Gasteiger partial charge in [-0.2, -0.15) is 0 Å². The molecule has 0 aliphatic carbocycles. The lowest BCUT2D eigenvalue weighted by molar-refractivity contribution is 0.620. The highest BCUT2D eigenvalue weighted by molar-refractivity contribution is 6.20. The fraction of sp³-hybridized carbons (Fsp3) is 0. The Morgan fingerprint density at radius 2 is 1.13 bits per heavy atom. The normalized spacial score (nSPS) is 11.8. The molecule has 0 saturated heterocycles. The van der Waals surface area contributed by atoms with E-state index in [1.165, 1.54) is 32.3 Å². The standard InChI is InChI=1S/C43H26N2O2/c1-2-11-28(12-3-1)45(38-17-8-14-31-33-22-20-27-10-4-5-13-30(27)32(33)24-25-34(31)38)29-21-23-35-41(26-29)46-40-19-9-15-36(42(35)40)43-44-37-16-6-7-18-39(37)47-43/h1-26H. The minimum atomic E-state index is 0.588. The molecule has 0 radical (unpaired) electrons. The van der Waals surface area contributed by atoms with Crippen molar-refractivity contribution in [2.75, 3.05) is 4.90 Å². The molecule has 0 N–H and O–H groups in total. The van der Waals surface area contributed by atoms with Gasteiger partial charge in [0.15, 0.2) is 5.58 Å². The molecule has 0 aliphatic rings. The summed E-state index contributed by atoms with van der Waals surface area (Å²) in [6.07, 6.45) is 0. The predicted molar refractivity (Wildman–Crippen MR) is 194 cm³/mol. The molecule has 4 heteroatoms. The van der Waals surface area contributed by atoms with E-state index in [0.717, 1.165) is 55.7 Å². The molecule has 0 saturated carbocycles. The van der Waals surface area contributed by atoms with Crippen molar-refractivity contribution < 1.29 is 8.83 Å². The van der Waals surface area contributed by atoms with Gasteiger partial charge in [-0.05, 0) is 81.5 Å². The third-order valence-corrected chi connectivity index (χ3v) is 9.28. The Morgan fingerprint density at radius 3 is 2.06 bits per heavy atom. The van der Waals surface area contributed by atoms with E-state index in [2.05, 4.69) is 126 Å². The SMILES string of the molecule is c1ccc(N(c2ccc3c(c2)oc2cccc(-c4nc5ccccc5o4)c23)c2cccc3c2ccc2c4ccccc4ccc32)cc1. The summed E-state index contributed by atoms with van der Waals surface area (Å²) in [4.78, 5) is 7.12. The number of rotatable bonds is 4. The molecule has 0 spiro atoms. The van der Waals surface area contributed by atoms with E-state index in [0.29, 0.717) is 5.89 Å². The first-order valence-corrected chi connectivity index (χ1v) is 15.8. The van der Waals surface area contributed by atoms with E-state index in [1.807, 2.05) is 36.4 Å². The average Bonchev–Trinajstić information content (AvgIpc) is 3.73. The summed E-state index contributed by atoms with van der Waals surface area (Å²) in [6.45, 7) is 0. The number of para-hydroxylation sites is 3. The topological polar surface area (TPSA) is 42.4 Å². The number of nitrogens with zero attached hydrogens (tertiary/aromatic N) is 2. The maximum atomic E-state index is 6.54. The summed E-state index contributed by atoms with van der Waals surface area (Å²) >= 11 is 0. The zero-order valence-corrected chi connectivity index (χ0v) is 25.2. The minimum absolute atomic E-state index is 0.588. The fourth-order valence-corrected chi connectivity index (χ4v) is 7.16. The van der Waals surface area contributed by atoms with Gasteiger partial charge in [0.05, 0.1) is 5.69 Å². The first kappa shape index (κ1) is 25.9. The number of benzene rings is 8. The molecule has 10 rings (SSSR count). The summed E-state index contributed by atoms with van der Waals surface area (Å²) < 4.78 is 12.7. The second-order valence-electron chi connectivity index (χ2n) is 11.9. The van der Waals surface area contributed by atoms with Crippen LogP contribution in [0.2, 0.25) is 0 Å². The van der Waals surface area contributed by atoms with Crippen molar-refractivity contribution >= 4 is 82.4 Å². The van der Waals surface area contributed by atoms with E-state index >= 15 is 0 Å². The van der Waals surface area contributed by atoms with Gasteiger partial charge in [-0.15, -0.1) is 0 Å². The van der Waals surface area contributed by atoms with Crippen molar-refractivity contribution in [3.8, 4) is 11.5 Å². The van der Waals surface area contributed by atoms with Crippen LogP contribution in [0.4, 0.5) is 17.1 Å². The number of hydrogen-bond donors (Lipinski definition) is 0. The van der Waals surface area contributed by atoms with Crippen LogP contribution in [0, 0.1) is 0 Å². The number of aromatic nitrogens is 1. The monoisotopic (exact) mass is 602 g/mol. The molecule has 220 valence electrons. The number of fused-ring (bicyclic) bond motifs is 9. The Morgan fingerprint density at radius 1 is 0.426 bits per heavy atom. The number of anilines is 3. The second-order valence-corrected chi connectivity index (χ2v) is 11.9. The van der Waals surface area contributed by atoms with Crippen LogP contribution in [0.5, 0.6) is 0 Å². The van der Waals surface area contributed by atoms with Gasteiger partial charge in [-0.3, -0.25) is 0 Å². The zero-order valence-electron chi connectivity index (χ0n) is 25.2. The molecule has 0 atom stereocenters.